The molecule has 0 saturated carbocycles. The highest BCUT2D eigenvalue weighted by atomic mass is 19.3. The smallest absolute Gasteiger partial charge is 0.415 e. The van der Waals surface area contributed by atoms with Crippen LogP contribution in [0.4, 0.5) is 29.3 Å². The molecule has 5 rings (SSSR count). The Morgan fingerprint density at radius 1 is 1.36 bits per heavy atom. The Kier molecular flexibility index (Phi) is 3.35. The lowest BCUT2D eigenvalue weighted by atomic mass is 9.95. The molecular weight excluding hydrogens is 379 g/mol. The minimum absolute atomic E-state index is 0.0398. The third kappa shape index (κ3) is 2.08. The average molecular weight is 393 g/mol. The molecule has 3 aliphatic rings. The number of hydrogen-bond acceptors (Lipinski definition) is 5. The van der Waals surface area contributed by atoms with Gasteiger partial charge in [0.1, 0.15) is 18.2 Å². The summed E-state index contributed by atoms with van der Waals surface area (Å²) in [6.45, 7) is 0. The lowest BCUT2D eigenvalue weighted by Gasteiger charge is -2.16. The monoisotopic (exact) mass is 393 g/mol. The molecule has 10 heteroatoms. The number of fused-ring (bicyclic) bond motifs is 5. The Morgan fingerprint density at radius 3 is 2.86 bits per heavy atom. The lowest BCUT2D eigenvalue weighted by molar-refractivity contribution is -0.141. The average Bonchev–Trinajstić information content (AvgIpc) is 3.37. The number of halogens is 3. The SMILES string of the molecule is CN1C(=O)C(F)(F)c2c3c(cc(F)c21)N1C(=O)O[C@@H](CCc2ccon2)[C@@H]1C3. The van der Waals surface area contributed by atoms with Gasteiger partial charge in [0.15, 0.2) is 0 Å². The standard InChI is InChI=1S/C18H14F3N3O4/c1-23-15-10(19)7-11-9(14(15)18(20,21)16(23)25)6-12-13(28-17(26)24(11)12)3-2-8-4-5-27-22-8/h4-5,7,12-13H,2-3,6H2,1H3/t12-,13-/m0/s1. The molecule has 28 heavy (non-hydrogen) atoms. The van der Waals surface area contributed by atoms with Crippen LogP contribution >= 0.6 is 0 Å². The third-order valence-electron chi connectivity index (χ3n) is 5.62. The highest BCUT2D eigenvalue weighted by Gasteiger charge is 2.58. The van der Waals surface area contributed by atoms with E-state index in [1.807, 2.05) is 0 Å². The van der Waals surface area contributed by atoms with Crippen molar-refractivity contribution in [3.8, 4) is 0 Å². The fourth-order valence-electron chi connectivity index (χ4n) is 4.36. The Hall–Kier alpha value is -3.04. The van der Waals surface area contributed by atoms with E-state index in [0.717, 1.165) is 13.1 Å². The number of cyclic esters (lactones) is 1. The third-order valence-corrected chi connectivity index (χ3v) is 5.62. The first-order valence-corrected chi connectivity index (χ1v) is 8.71. The van der Waals surface area contributed by atoms with Gasteiger partial charge in [0.25, 0.3) is 0 Å². The normalized spacial score (nSPS) is 24.4. The lowest BCUT2D eigenvalue weighted by Crippen LogP contribution is -2.34. The molecule has 3 aliphatic heterocycles. The summed E-state index contributed by atoms with van der Waals surface area (Å²) >= 11 is 0. The van der Waals surface area contributed by atoms with E-state index >= 15 is 0 Å². The molecule has 1 saturated heterocycles. The second-order valence-electron chi connectivity index (χ2n) is 7.11. The van der Waals surface area contributed by atoms with Gasteiger partial charge in [-0.25, -0.2) is 9.18 Å². The number of rotatable bonds is 3. The van der Waals surface area contributed by atoms with Crippen molar-refractivity contribution < 1.29 is 32.0 Å². The molecule has 0 bridgehead atoms. The molecule has 0 spiro atoms. The number of anilines is 2. The van der Waals surface area contributed by atoms with Crippen LogP contribution in [0.2, 0.25) is 0 Å². The van der Waals surface area contributed by atoms with Gasteiger partial charge < -0.3 is 14.2 Å². The number of nitrogens with zero attached hydrogens (tertiary/aromatic N) is 3. The molecule has 0 unspecified atom stereocenters. The maximum absolute atomic E-state index is 14.6. The topological polar surface area (TPSA) is 75.9 Å². The van der Waals surface area contributed by atoms with E-state index < -0.39 is 47.1 Å². The first-order valence-electron chi connectivity index (χ1n) is 8.71. The van der Waals surface area contributed by atoms with Crippen LogP contribution in [0.1, 0.15) is 23.2 Å². The minimum atomic E-state index is -3.84. The van der Waals surface area contributed by atoms with Crippen molar-refractivity contribution in [2.45, 2.75) is 37.3 Å². The molecule has 1 aromatic carbocycles. The van der Waals surface area contributed by atoms with Gasteiger partial charge in [-0.2, -0.15) is 8.78 Å². The predicted molar refractivity (Wildman–Crippen MR) is 88.8 cm³/mol. The molecule has 0 aliphatic carbocycles. The molecule has 0 N–H and O–H groups in total. The van der Waals surface area contributed by atoms with Gasteiger partial charge in [0.05, 0.1) is 28.7 Å². The number of carbonyl (C=O) groups is 2. The van der Waals surface area contributed by atoms with Gasteiger partial charge >= 0.3 is 17.9 Å². The Balaban J connectivity index is 1.53. The quantitative estimate of drug-likeness (QED) is 0.802. The van der Waals surface area contributed by atoms with E-state index in [9.17, 15) is 22.8 Å². The summed E-state index contributed by atoms with van der Waals surface area (Å²) in [6.07, 6.45) is 1.08. The number of aryl methyl sites for hydroxylation is 1. The van der Waals surface area contributed by atoms with Crippen LogP contribution in [0.3, 0.4) is 0 Å². The van der Waals surface area contributed by atoms with Gasteiger partial charge in [0.2, 0.25) is 0 Å². The van der Waals surface area contributed by atoms with Gasteiger partial charge in [-0.1, -0.05) is 5.16 Å². The zero-order valence-corrected chi connectivity index (χ0v) is 14.6. The highest BCUT2D eigenvalue weighted by Crippen LogP contribution is 2.53. The van der Waals surface area contributed by atoms with Gasteiger partial charge in [-0.15, -0.1) is 0 Å². The number of carbonyl (C=O) groups excluding carboxylic acids is 2. The second kappa shape index (κ2) is 5.49. The Morgan fingerprint density at radius 2 is 2.14 bits per heavy atom. The van der Waals surface area contributed by atoms with Crippen LogP contribution in [0, 0.1) is 5.82 Å². The van der Waals surface area contributed by atoms with E-state index in [2.05, 4.69) is 5.16 Å². The maximum Gasteiger partial charge on any atom is 0.415 e. The van der Waals surface area contributed by atoms with E-state index in [1.54, 1.807) is 6.07 Å². The summed E-state index contributed by atoms with van der Waals surface area (Å²) in [6, 6.07) is 2.17. The second-order valence-corrected chi connectivity index (χ2v) is 7.11. The number of benzene rings is 1. The van der Waals surface area contributed by atoms with Crippen molar-refractivity contribution in [3.63, 3.8) is 0 Å². The minimum Gasteiger partial charge on any atom is -0.444 e. The van der Waals surface area contributed by atoms with E-state index in [1.165, 1.54) is 11.2 Å². The van der Waals surface area contributed by atoms with Crippen molar-refractivity contribution in [1.29, 1.82) is 0 Å². The number of ether oxygens (including phenoxy) is 1. The molecule has 7 nitrogen and oxygen atoms in total. The molecule has 0 radical (unpaired) electrons. The fraction of sp³-hybridized carbons (Fsp3) is 0.389. The van der Waals surface area contributed by atoms with Crippen LogP contribution in [0.5, 0.6) is 0 Å². The number of amides is 2. The van der Waals surface area contributed by atoms with E-state index in [4.69, 9.17) is 9.26 Å². The fourth-order valence-corrected chi connectivity index (χ4v) is 4.36. The Labute approximate surface area is 156 Å². The molecule has 1 fully saturated rings. The maximum atomic E-state index is 14.6. The highest BCUT2D eigenvalue weighted by molar-refractivity contribution is 6.08. The molecular formula is C18H14F3N3O4. The zero-order valence-electron chi connectivity index (χ0n) is 14.6. The van der Waals surface area contributed by atoms with Crippen molar-refractivity contribution in [2.24, 2.45) is 0 Å². The Bertz CT molecular complexity index is 1010. The zero-order chi connectivity index (χ0) is 19.8. The van der Waals surface area contributed by atoms with Crippen LogP contribution in [0.15, 0.2) is 22.9 Å². The van der Waals surface area contributed by atoms with Crippen molar-refractivity contribution in [3.05, 3.63) is 41.0 Å². The number of likely N-dealkylation sites (N-methyl/N-ethyl adjacent to an activating group) is 1. The number of aromatic nitrogens is 1. The number of alkyl halides is 2. The van der Waals surface area contributed by atoms with Crippen LogP contribution in [0.25, 0.3) is 0 Å². The first kappa shape index (κ1) is 17.1. The first-order chi connectivity index (χ1) is 13.3. The van der Waals surface area contributed by atoms with Crippen molar-refractivity contribution in [2.75, 3.05) is 16.8 Å². The summed E-state index contributed by atoms with van der Waals surface area (Å²) in [5.74, 6) is -6.29. The van der Waals surface area contributed by atoms with Crippen molar-refractivity contribution >= 4 is 23.4 Å². The van der Waals surface area contributed by atoms with Crippen LogP contribution < -0.4 is 9.80 Å². The van der Waals surface area contributed by atoms with Gasteiger partial charge in [-0.05, 0) is 24.8 Å². The summed E-state index contributed by atoms with van der Waals surface area (Å²) < 4.78 is 54.0. The molecule has 2 atom stereocenters. The van der Waals surface area contributed by atoms with E-state index in [0.29, 0.717) is 23.4 Å². The summed E-state index contributed by atoms with van der Waals surface area (Å²) in [4.78, 5) is 26.2. The predicted octanol–water partition coefficient (Wildman–Crippen LogP) is 2.76. The molecule has 2 amide bonds. The summed E-state index contributed by atoms with van der Waals surface area (Å²) in [5, 5.41) is 3.79. The van der Waals surface area contributed by atoms with Crippen molar-refractivity contribution in [1.82, 2.24) is 5.16 Å². The van der Waals surface area contributed by atoms with Gasteiger partial charge in [-0.3, -0.25) is 9.69 Å². The van der Waals surface area contributed by atoms with E-state index in [-0.39, 0.29) is 17.7 Å². The molecule has 146 valence electrons. The molecule has 2 aromatic rings. The summed E-state index contributed by atoms with van der Waals surface area (Å²) in [5.41, 5.74) is -0.240. The van der Waals surface area contributed by atoms with Crippen LogP contribution in [-0.2, 0) is 28.3 Å². The van der Waals surface area contributed by atoms with Crippen LogP contribution in [-0.4, -0.2) is 36.4 Å². The molecule has 4 heterocycles. The largest absolute Gasteiger partial charge is 0.444 e. The number of hydrogen-bond donors (Lipinski definition) is 0. The molecule has 1 aromatic heterocycles. The summed E-state index contributed by atoms with van der Waals surface area (Å²) in [7, 11) is 1.11. The van der Waals surface area contributed by atoms with Gasteiger partial charge in [0, 0.05) is 19.2 Å².